The Morgan fingerprint density at radius 1 is 1.04 bits per heavy atom. The van der Waals surface area contributed by atoms with E-state index in [1.54, 1.807) is 0 Å². The lowest BCUT2D eigenvalue weighted by molar-refractivity contribution is -0.151. The highest BCUT2D eigenvalue weighted by molar-refractivity contribution is 7.90. The first-order valence-electron chi connectivity index (χ1n) is 9.00. The number of benzene rings is 2. The van der Waals surface area contributed by atoms with E-state index in [1.165, 1.54) is 0 Å². The maximum Gasteiger partial charge on any atom is 0.307 e. The Labute approximate surface area is 164 Å². The van der Waals surface area contributed by atoms with E-state index >= 15 is 0 Å². The Morgan fingerprint density at radius 2 is 1.57 bits per heavy atom. The first-order valence-corrected chi connectivity index (χ1v) is 11.1. The van der Waals surface area contributed by atoms with E-state index in [4.69, 9.17) is 4.74 Å². The zero-order chi connectivity index (χ0) is 20.3. The van der Waals surface area contributed by atoms with Crippen molar-refractivity contribution in [1.82, 2.24) is 0 Å². The summed E-state index contributed by atoms with van der Waals surface area (Å²) in [6.45, 7) is 0.116. The van der Waals surface area contributed by atoms with Gasteiger partial charge in [0.15, 0.2) is 0 Å². The second-order valence-electron chi connectivity index (χ2n) is 7.07. The number of hydrogen-bond acceptors (Lipinski definition) is 5. The minimum absolute atomic E-state index is 0.101. The highest BCUT2D eigenvalue weighted by atomic mass is 32.2. The second-order valence-corrected chi connectivity index (χ2v) is 9.33. The summed E-state index contributed by atoms with van der Waals surface area (Å²) in [5.41, 5.74) is 4.36. The minimum atomic E-state index is -3.30. The van der Waals surface area contributed by atoms with Gasteiger partial charge in [-0.05, 0) is 28.7 Å². The molecule has 1 atom stereocenters. The Morgan fingerprint density at radius 3 is 2.07 bits per heavy atom. The first kappa shape index (κ1) is 20.1. The molecule has 1 aliphatic carbocycles. The summed E-state index contributed by atoms with van der Waals surface area (Å²) in [6, 6.07) is 15.9. The van der Waals surface area contributed by atoms with Crippen LogP contribution in [0.5, 0.6) is 0 Å². The van der Waals surface area contributed by atoms with Crippen LogP contribution in [0.25, 0.3) is 11.1 Å². The second kappa shape index (κ2) is 8.14. The molecule has 0 bridgehead atoms. The monoisotopic (exact) mass is 402 g/mol. The van der Waals surface area contributed by atoms with Gasteiger partial charge < -0.3 is 9.84 Å². The van der Waals surface area contributed by atoms with E-state index < -0.39 is 27.7 Å². The zero-order valence-corrected chi connectivity index (χ0v) is 16.3. The lowest BCUT2D eigenvalue weighted by Gasteiger charge is -2.16. The zero-order valence-electron chi connectivity index (χ0n) is 15.5. The number of fused-ring (bicyclic) bond motifs is 3. The van der Waals surface area contributed by atoms with Crippen molar-refractivity contribution in [2.45, 2.75) is 18.8 Å². The molecule has 3 rings (SSSR count). The summed E-state index contributed by atoms with van der Waals surface area (Å²) in [5, 5.41) is 9.26. The largest absolute Gasteiger partial charge is 0.481 e. The molecule has 0 radical (unpaired) electrons. The van der Waals surface area contributed by atoms with Gasteiger partial charge in [-0.1, -0.05) is 48.5 Å². The summed E-state index contributed by atoms with van der Waals surface area (Å²) in [4.78, 5) is 23.6. The average molecular weight is 402 g/mol. The van der Waals surface area contributed by atoms with Crippen LogP contribution < -0.4 is 0 Å². The Balaban J connectivity index is 1.66. The standard InChI is InChI=1S/C21H22O6S/c1-28(25,26)11-10-14(21(23)24)12-20(22)27-13-19-17-8-4-2-6-15(17)16-7-3-5-9-18(16)19/h2-9,14,19H,10-13H2,1H3,(H,23,24)/t14-/m1/s1. The van der Waals surface area contributed by atoms with E-state index in [-0.39, 0.29) is 31.1 Å². The van der Waals surface area contributed by atoms with Gasteiger partial charge in [0.1, 0.15) is 16.4 Å². The molecule has 0 aromatic heterocycles. The third-order valence-electron chi connectivity index (χ3n) is 4.97. The number of aliphatic carboxylic acids is 1. The van der Waals surface area contributed by atoms with Gasteiger partial charge in [-0.25, -0.2) is 8.42 Å². The fraction of sp³-hybridized carbons (Fsp3) is 0.333. The van der Waals surface area contributed by atoms with Crippen LogP contribution in [0, 0.1) is 5.92 Å². The fourth-order valence-corrected chi connectivity index (χ4v) is 4.26. The highest BCUT2D eigenvalue weighted by Gasteiger charge is 2.30. The molecule has 0 unspecified atom stereocenters. The SMILES string of the molecule is CS(=O)(=O)CC[C@H](CC(=O)OCC1c2ccccc2-c2ccccc21)C(=O)O. The molecule has 1 aliphatic rings. The molecule has 6 nitrogen and oxygen atoms in total. The fourth-order valence-electron chi connectivity index (χ4n) is 3.54. The number of sulfone groups is 1. The van der Waals surface area contributed by atoms with Gasteiger partial charge in [0.2, 0.25) is 0 Å². The van der Waals surface area contributed by atoms with Crippen LogP contribution in [0.15, 0.2) is 48.5 Å². The van der Waals surface area contributed by atoms with Gasteiger partial charge in [-0.15, -0.1) is 0 Å². The molecule has 28 heavy (non-hydrogen) atoms. The van der Waals surface area contributed by atoms with E-state index in [0.29, 0.717) is 0 Å². The number of ether oxygens (including phenoxy) is 1. The minimum Gasteiger partial charge on any atom is -0.481 e. The molecule has 148 valence electrons. The van der Waals surface area contributed by atoms with Crippen LogP contribution in [0.3, 0.4) is 0 Å². The van der Waals surface area contributed by atoms with Gasteiger partial charge in [-0.3, -0.25) is 9.59 Å². The summed E-state index contributed by atoms with van der Waals surface area (Å²) < 4.78 is 27.9. The van der Waals surface area contributed by atoms with Crippen molar-refractivity contribution >= 4 is 21.8 Å². The van der Waals surface area contributed by atoms with Crippen molar-refractivity contribution in [3.8, 4) is 11.1 Å². The van der Waals surface area contributed by atoms with Gasteiger partial charge >= 0.3 is 11.9 Å². The lowest BCUT2D eigenvalue weighted by atomic mass is 9.98. The third-order valence-corrected chi connectivity index (χ3v) is 5.95. The van der Waals surface area contributed by atoms with Gasteiger partial charge in [0.25, 0.3) is 0 Å². The third kappa shape index (κ3) is 4.59. The smallest absolute Gasteiger partial charge is 0.307 e. The predicted molar refractivity (Wildman–Crippen MR) is 105 cm³/mol. The molecule has 0 saturated carbocycles. The van der Waals surface area contributed by atoms with Crippen molar-refractivity contribution in [2.24, 2.45) is 5.92 Å². The van der Waals surface area contributed by atoms with Crippen molar-refractivity contribution < 1.29 is 27.9 Å². The molecular weight excluding hydrogens is 380 g/mol. The molecule has 0 heterocycles. The number of hydrogen-bond donors (Lipinski definition) is 1. The van der Waals surface area contributed by atoms with Crippen LogP contribution in [0.1, 0.15) is 29.9 Å². The van der Waals surface area contributed by atoms with Crippen LogP contribution in [-0.2, 0) is 24.2 Å². The Kier molecular flexibility index (Phi) is 5.84. The van der Waals surface area contributed by atoms with Crippen LogP contribution in [0.2, 0.25) is 0 Å². The molecule has 0 amide bonds. The topological polar surface area (TPSA) is 97.7 Å². The van der Waals surface area contributed by atoms with Gasteiger partial charge in [-0.2, -0.15) is 0 Å². The van der Waals surface area contributed by atoms with Crippen molar-refractivity contribution in [3.63, 3.8) is 0 Å². The lowest BCUT2D eigenvalue weighted by Crippen LogP contribution is -2.23. The number of esters is 1. The van der Waals surface area contributed by atoms with Crippen molar-refractivity contribution in [3.05, 3.63) is 59.7 Å². The van der Waals surface area contributed by atoms with Crippen LogP contribution >= 0.6 is 0 Å². The summed E-state index contributed by atoms with van der Waals surface area (Å²) in [5.74, 6) is -3.29. The molecule has 2 aromatic carbocycles. The maximum absolute atomic E-state index is 12.2. The van der Waals surface area contributed by atoms with Crippen molar-refractivity contribution in [1.29, 1.82) is 0 Å². The Hall–Kier alpha value is -2.67. The van der Waals surface area contributed by atoms with E-state index in [2.05, 4.69) is 0 Å². The molecule has 0 spiro atoms. The highest BCUT2D eigenvalue weighted by Crippen LogP contribution is 2.44. The first-order chi connectivity index (χ1) is 13.3. The Bertz CT molecular complexity index is 950. The van der Waals surface area contributed by atoms with Crippen LogP contribution in [-0.4, -0.2) is 44.1 Å². The van der Waals surface area contributed by atoms with E-state index in [0.717, 1.165) is 28.5 Å². The molecule has 7 heteroatoms. The molecule has 0 fully saturated rings. The number of carboxylic acids is 1. The molecule has 0 aliphatic heterocycles. The maximum atomic E-state index is 12.2. The number of rotatable bonds is 8. The quantitative estimate of drug-likeness (QED) is 0.682. The summed E-state index contributed by atoms with van der Waals surface area (Å²) in [7, 11) is -3.30. The number of carboxylic acid groups (broad SMARTS) is 1. The van der Waals surface area contributed by atoms with E-state index in [1.807, 2.05) is 48.5 Å². The van der Waals surface area contributed by atoms with Gasteiger partial charge in [0.05, 0.1) is 18.1 Å². The molecular formula is C21H22O6S. The van der Waals surface area contributed by atoms with E-state index in [9.17, 15) is 23.1 Å². The summed E-state index contributed by atoms with van der Waals surface area (Å²) >= 11 is 0. The number of carbonyl (C=O) groups excluding carboxylic acids is 1. The molecule has 2 aromatic rings. The molecule has 0 saturated heterocycles. The average Bonchev–Trinajstić information content (AvgIpc) is 2.96. The van der Waals surface area contributed by atoms with Crippen LogP contribution in [0.4, 0.5) is 0 Å². The molecule has 1 N–H and O–H groups in total. The van der Waals surface area contributed by atoms with Gasteiger partial charge in [0, 0.05) is 12.2 Å². The number of carbonyl (C=O) groups is 2. The predicted octanol–water partition coefficient (Wildman–Crippen LogP) is 2.87. The van der Waals surface area contributed by atoms with Crippen molar-refractivity contribution in [2.75, 3.05) is 18.6 Å². The summed E-state index contributed by atoms with van der Waals surface area (Å²) in [6.07, 6.45) is 0.582. The normalized spacial score (nSPS) is 14.2.